The number of hydrogen-bond acceptors (Lipinski definition) is 4. The molecule has 5 heteroatoms. The first kappa shape index (κ1) is 13.2. The highest BCUT2D eigenvalue weighted by atomic mass is 19.1. The molecule has 1 aliphatic heterocycles. The number of halogens is 1. The Kier molecular flexibility index (Phi) is 3.06. The van der Waals surface area contributed by atoms with E-state index >= 15 is 4.39 Å². The molecule has 0 bridgehead atoms. The quantitative estimate of drug-likeness (QED) is 0.723. The molecule has 22 heavy (non-hydrogen) atoms. The van der Waals surface area contributed by atoms with Gasteiger partial charge in [-0.3, -0.25) is 4.98 Å². The molecule has 0 N–H and O–H groups in total. The lowest BCUT2D eigenvalue weighted by Crippen LogP contribution is -2.40. The molecule has 0 unspecified atom stereocenters. The third-order valence-electron chi connectivity index (χ3n) is 4.23. The second kappa shape index (κ2) is 5.09. The third kappa shape index (κ3) is 2.22. The van der Waals surface area contributed by atoms with E-state index < -0.39 is 5.67 Å². The summed E-state index contributed by atoms with van der Waals surface area (Å²) in [4.78, 5) is 10.7. The maximum atomic E-state index is 15.1. The molecule has 3 heterocycles. The Morgan fingerprint density at radius 3 is 2.55 bits per heavy atom. The largest absolute Gasteiger partial charge is 0.423 e. The summed E-state index contributed by atoms with van der Waals surface area (Å²) in [6, 6.07) is 13.6. The molecule has 4 rings (SSSR count). The molecule has 3 aromatic rings. The van der Waals surface area contributed by atoms with E-state index in [0.717, 1.165) is 11.1 Å². The standard InChI is InChI=1S/C17H16FN3O/c18-17(15-7-3-4-10-19-15)8-11-21(12-9-17)16-20-13-5-1-2-6-14(13)22-16/h1-7,10H,8-9,11-12H2. The lowest BCUT2D eigenvalue weighted by atomic mass is 9.90. The number of alkyl halides is 1. The van der Waals surface area contributed by atoms with Gasteiger partial charge in [-0.2, -0.15) is 4.98 Å². The van der Waals surface area contributed by atoms with Crippen molar-refractivity contribution in [3.63, 3.8) is 0 Å². The molecule has 0 aliphatic carbocycles. The molecule has 2 aromatic heterocycles. The predicted octanol–water partition coefficient (Wildman–Crippen LogP) is 3.69. The van der Waals surface area contributed by atoms with Gasteiger partial charge in [-0.1, -0.05) is 18.2 Å². The second-order valence-electron chi connectivity index (χ2n) is 5.63. The Hall–Kier alpha value is -2.43. The van der Waals surface area contributed by atoms with Gasteiger partial charge in [-0.15, -0.1) is 0 Å². The van der Waals surface area contributed by atoms with Gasteiger partial charge < -0.3 is 9.32 Å². The highest BCUT2D eigenvalue weighted by Crippen LogP contribution is 2.37. The Morgan fingerprint density at radius 1 is 1.05 bits per heavy atom. The summed E-state index contributed by atoms with van der Waals surface area (Å²) in [5.41, 5.74) is 0.759. The fourth-order valence-corrected chi connectivity index (χ4v) is 2.93. The first-order valence-corrected chi connectivity index (χ1v) is 7.46. The molecule has 1 aromatic carbocycles. The van der Waals surface area contributed by atoms with Crippen LogP contribution in [0, 0.1) is 0 Å². The van der Waals surface area contributed by atoms with Crippen molar-refractivity contribution in [2.75, 3.05) is 18.0 Å². The van der Waals surface area contributed by atoms with Gasteiger partial charge in [0.05, 0.1) is 5.69 Å². The molecule has 1 saturated heterocycles. The van der Waals surface area contributed by atoms with Gasteiger partial charge in [-0.25, -0.2) is 4.39 Å². The molecule has 1 fully saturated rings. The van der Waals surface area contributed by atoms with Gasteiger partial charge in [0.15, 0.2) is 11.3 Å². The second-order valence-corrected chi connectivity index (χ2v) is 5.63. The van der Waals surface area contributed by atoms with Gasteiger partial charge in [0.1, 0.15) is 5.52 Å². The summed E-state index contributed by atoms with van der Waals surface area (Å²) in [6.07, 6.45) is 2.43. The topological polar surface area (TPSA) is 42.2 Å². The van der Waals surface area contributed by atoms with Crippen LogP contribution in [-0.4, -0.2) is 23.1 Å². The summed E-state index contributed by atoms with van der Waals surface area (Å²) in [5.74, 6) is 0. The average Bonchev–Trinajstić information content (AvgIpc) is 3.00. The SMILES string of the molecule is FC1(c2ccccn2)CCN(c2nc3ccccc3o2)CC1. The van der Waals surface area contributed by atoms with Crippen molar-refractivity contribution in [1.29, 1.82) is 0 Å². The first-order chi connectivity index (χ1) is 10.7. The highest BCUT2D eigenvalue weighted by Gasteiger charge is 2.38. The number of nitrogens with zero attached hydrogens (tertiary/aromatic N) is 3. The van der Waals surface area contributed by atoms with Crippen LogP contribution in [0.5, 0.6) is 0 Å². The van der Waals surface area contributed by atoms with Crippen molar-refractivity contribution in [2.24, 2.45) is 0 Å². The molecule has 0 radical (unpaired) electrons. The summed E-state index contributed by atoms with van der Waals surface area (Å²) in [6.45, 7) is 1.14. The minimum atomic E-state index is -1.36. The number of piperidine rings is 1. The summed E-state index contributed by atoms with van der Waals surface area (Å²) < 4.78 is 20.8. The number of benzene rings is 1. The van der Waals surface area contributed by atoms with E-state index in [2.05, 4.69) is 9.97 Å². The van der Waals surface area contributed by atoms with E-state index in [1.807, 2.05) is 35.2 Å². The fourth-order valence-electron chi connectivity index (χ4n) is 2.93. The van der Waals surface area contributed by atoms with E-state index in [1.165, 1.54) is 0 Å². The van der Waals surface area contributed by atoms with Gasteiger partial charge in [0.25, 0.3) is 6.01 Å². The number of para-hydroxylation sites is 2. The summed E-state index contributed by atoms with van der Waals surface area (Å²) in [5, 5.41) is 0. The summed E-state index contributed by atoms with van der Waals surface area (Å²) in [7, 11) is 0. The van der Waals surface area contributed by atoms with E-state index in [1.54, 1.807) is 18.3 Å². The van der Waals surface area contributed by atoms with Crippen LogP contribution in [0.15, 0.2) is 53.1 Å². The van der Waals surface area contributed by atoms with E-state index in [-0.39, 0.29) is 0 Å². The molecule has 0 atom stereocenters. The molecule has 112 valence electrons. The van der Waals surface area contributed by atoms with Crippen LogP contribution in [-0.2, 0) is 5.67 Å². The number of rotatable bonds is 2. The van der Waals surface area contributed by atoms with Crippen molar-refractivity contribution in [1.82, 2.24) is 9.97 Å². The van der Waals surface area contributed by atoms with Gasteiger partial charge in [-0.05, 0) is 24.3 Å². The van der Waals surface area contributed by atoms with Crippen molar-refractivity contribution >= 4 is 17.1 Å². The maximum Gasteiger partial charge on any atom is 0.298 e. The maximum absolute atomic E-state index is 15.1. The zero-order chi connectivity index (χ0) is 15.0. The normalized spacial score (nSPS) is 17.8. The minimum absolute atomic E-state index is 0.392. The zero-order valence-corrected chi connectivity index (χ0v) is 12.1. The monoisotopic (exact) mass is 297 g/mol. The number of fused-ring (bicyclic) bond motifs is 1. The Bertz CT molecular complexity index is 746. The number of oxazole rings is 1. The van der Waals surface area contributed by atoms with Crippen molar-refractivity contribution < 1.29 is 8.81 Å². The van der Waals surface area contributed by atoms with E-state index in [0.29, 0.717) is 37.6 Å². The molecule has 0 spiro atoms. The smallest absolute Gasteiger partial charge is 0.298 e. The molecule has 4 nitrogen and oxygen atoms in total. The first-order valence-electron chi connectivity index (χ1n) is 7.46. The van der Waals surface area contributed by atoms with E-state index in [4.69, 9.17) is 4.42 Å². The van der Waals surface area contributed by atoms with Crippen molar-refractivity contribution in [3.8, 4) is 0 Å². The van der Waals surface area contributed by atoms with Crippen LogP contribution in [0.2, 0.25) is 0 Å². The number of hydrogen-bond donors (Lipinski definition) is 0. The van der Waals surface area contributed by atoms with Gasteiger partial charge in [0, 0.05) is 32.1 Å². The zero-order valence-electron chi connectivity index (χ0n) is 12.1. The number of pyridine rings is 1. The van der Waals surface area contributed by atoms with Crippen LogP contribution >= 0.6 is 0 Å². The van der Waals surface area contributed by atoms with Crippen LogP contribution in [0.4, 0.5) is 10.4 Å². The molecular formula is C17H16FN3O. The Morgan fingerprint density at radius 2 is 1.82 bits per heavy atom. The van der Waals surface area contributed by atoms with E-state index in [9.17, 15) is 0 Å². The lowest BCUT2D eigenvalue weighted by Gasteiger charge is -2.35. The minimum Gasteiger partial charge on any atom is -0.423 e. The molecule has 0 saturated carbocycles. The number of anilines is 1. The molecule has 0 amide bonds. The average molecular weight is 297 g/mol. The van der Waals surface area contributed by atoms with Crippen molar-refractivity contribution in [2.45, 2.75) is 18.5 Å². The van der Waals surface area contributed by atoms with Gasteiger partial charge >= 0.3 is 0 Å². The number of aromatic nitrogens is 2. The molecular weight excluding hydrogens is 281 g/mol. The van der Waals surface area contributed by atoms with Crippen LogP contribution in [0.1, 0.15) is 18.5 Å². The summed E-state index contributed by atoms with van der Waals surface area (Å²) >= 11 is 0. The van der Waals surface area contributed by atoms with Crippen LogP contribution in [0.3, 0.4) is 0 Å². The Labute approximate surface area is 127 Å². The van der Waals surface area contributed by atoms with Gasteiger partial charge in [0.2, 0.25) is 0 Å². The van der Waals surface area contributed by atoms with Crippen LogP contribution in [0.25, 0.3) is 11.1 Å². The predicted molar refractivity (Wildman–Crippen MR) is 82.5 cm³/mol. The van der Waals surface area contributed by atoms with Crippen molar-refractivity contribution in [3.05, 3.63) is 54.4 Å². The Balaban J connectivity index is 1.54. The highest BCUT2D eigenvalue weighted by molar-refractivity contribution is 5.74. The molecule has 1 aliphatic rings. The lowest BCUT2D eigenvalue weighted by molar-refractivity contribution is 0.118. The third-order valence-corrected chi connectivity index (χ3v) is 4.23. The van der Waals surface area contributed by atoms with Crippen LogP contribution < -0.4 is 4.90 Å². The fraction of sp³-hybridized carbons (Fsp3) is 0.294.